The number of rotatable bonds is 5. The first-order valence-corrected chi connectivity index (χ1v) is 5.98. The summed E-state index contributed by atoms with van der Waals surface area (Å²) >= 11 is 0. The molecule has 0 heterocycles. The predicted molar refractivity (Wildman–Crippen MR) is 52.0 cm³/mol. The van der Waals surface area contributed by atoms with Crippen molar-refractivity contribution in [3.05, 3.63) is 0 Å². The van der Waals surface area contributed by atoms with Crippen molar-refractivity contribution in [2.45, 2.75) is 33.3 Å². The number of hydrogen-bond acceptors (Lipinski definition) is 4. The van der Waals surface area contributed by atoms with E-state index in [4.69, 9.17) is 0 Å². The molecular weight excluding hydrogens is 208 g/mol. The van der Waals surface area contributed by atoms with Crippen LogP contribution in [0.5, 0.6) is 0 Å². The Morgan fingerprint density at radius 1 is 1.43 bits per heavy atom. The number of carbonyl (C=O) groups is 1. The van der Waals surface area contributed by atoms with E-state index < -0.39 is 16.1 Å². The topological polar surface area (TPSA) is 84.5 Å². The van der Waals surface area contributed by atoms with Gasteiger partial charge in [-0.2, -0.15) is 0 Å². The number of hydrogen-bond donors (Lipinski definition) is 2. The molecule has 6 nitrogen and oxygen atoms in total. The van der Waals surface area contributed by atoms with E-state index in [-0.39, 0.29) is 11.9 Å². The van der Waals surface area contributed by atoms with Gasteiger partial charge in [0.05, 0.1) is 11.9 Å². The highest BCUT2D eigenvalue weighted by Crippen LogP contribution is 1.89. The minimum Gasteiger partial charge on any atom is -0.446 e. The maximum atomic E-state index is 11.0. The standard InChI is InChI=1S/C7H16N2O4S/c1-4-5-14(11,12)9-8-7(10)13-6(2)3/h6,9H,4-5H2,1-3H3,(H,8,10). The zero-order valence-corrected chi connectivity index (χ0v) is 9.35. The molecule has 0 bridgehead atoms. The van der Waals surface area contributed by atoms with E-state index in [2.05, 4.69) is 4.74 Å². The third-order valence-corrected chi connectivity index (χ3v) is 2.48. The van der Waals surface area contributed by atoms with Gasteiger partial charge in [0.2, 0.25) is 10.0 Å². The molecule has 1 amide bonds. The van der Waals surface area contributed by atoms with Crippen LogP contribution in [0.2, 0.25) is 0 Å². The Hall–Kier alpha value is -0.820. The first kappa shape index (κ1) is 13.2. The molecule has 0 saturated carbocycles. The van der Waals surface area contributed by atoms with Crippen molar-refractivity contribution in [3.63, 3.8) is 0 Å². The summed E-state index contributed by atoms with van der Waals surface area (Å²) in [6.45, 7) is 5.06. The summed E-state index contributed by atoms with van der Waals surface area (Å²) in [6, 6.07) is 0. The maximum Gasteiger partial charge on any atom is 0.422 e. The molecule has 0 unspecified atom stereocenters. The zero-order valence-electron chi connectivity index (χ0n) is 8.53. The van der Waals surface area contributed by atoms with Gasteiger partial charge in [-0.3, -0.25) is 0 Å². The first-order valence-electron chi connectivity index (χ1n) is 4.33. The molecule has 14 heavy (non-hydrogen) atoms. The molecular formula is C7H16N2O4S. The summed E-state index contributed by atoms with van der Waals surface area (Å²) in [7, 11) is -3.42. The number of amides is 1. The molecule has 7 heteroatoms. The SMILES string of the molecule is CCCS(=O)(=O)NNC(=O)OC(C)C. The van der Waals surface area contributed by atoms with Crippen LogP contribution in [0.3, 0.4) is 0 Å². The highest BCUT2D eigenvalue weighted by Gasteiger charge is 2.11. The van der Waals surface area contributed by atoms with Crippen LogP contribution in [-0.2, 0) is 14.8 Å². The van der Waals surface area contributed by atoms with Gasteiger partial charge < -0.3 is 4.74 Å². The third kappa shape index (κ3) is 6.67. The van der Waals surface area contributed by atoms with Crippen LogP contribution < -0.4 is 10.3 Å². The molecule has 0 atom stereocenters. The van der Waals surface area contributed by atoms with E-state index in [1.165, 1.54) is 0 Å². The normalized spacial score (nSPS) is 11.4. The fourth-order valence-corrected chi connectivity index (χ4v) is 1.56. The monoisotopic (exact) mass is 224 g/mol. The summed E-state index contributed by atoms with van der Waals surface area (Å²) < 4.78 is 26.7. The number of nitrogens with one attached hydrogen (secondary N) is 2. The third-order valence-electron chi connectivity index (χ3n) is 1.12. The van der Waals surface area contributed by atoms with E-state index in [0.717, 1.165) is 0 Å². The number of ether oxygens (including phenoxy) is 1. The summed E-state index contributed by atoms with van der Waals surface area (Å²) in [4.78, 5) is 12.8. The van der Waals surface area contributed by atoms with Crippen molar-refractivity contribution in [2.24, 2.45) is 0 Å². The first-order chi connectivity index (χ1) is 6.37. The Morgan fingerprint density at radius 3 is 2.43 bits per heavy atom. The van der Waals surface area contributed by atoms with Crippen LogP contribution in [0.4, 0.5) is 4.79 Å². The minimum absolute atomic E-state index is 0.0328. The van der Waals surface area contributed by atoms with Crippen molar-refractivity contribution in [1.29, 1.82) is 0 Å². The van der Waals surface area contributed by atoms with Gasteiger partial charge in [0.25, 0.3) is 0 Å². The van der Waals surface area contributed by atoms with E-state index in [0.29, 0.717) is 6.42 Å². The van der Waals surface area contributed by atoms with Crippen LogP contribution in [0.25, 0.3) is 0 Å². The fourth-order valence-electron chi connectivity index (χ4n) is 0.683. The molecule has 0 radical (unpaired) electrons. The summed E-state index contributed by atoms with van der Waals surface area (Å²) in [5, 5.41) is 0. The molecule has 0 aliphatic carbocycles. The molecule has 0 spiro atoms. The lowest BCUT2D eigenvalue weighted by Gasteiger charge is -2.10. The van der Waals surface area contributed by atoms with Crippen molar-refractivity contribution in [3.8, 4) is 0 Å². The number of hydrazine groups is 1. The van der Waals surface area contributed by atoms with Crippen molar-refractivity contribution in [1.82, 2.24) is 10.3 Å². The van der Waals surface area contributed by atoms with Crippen LogP contribution >= 0.6 is 0 Å². The van der Waals surface area contributed by atoms with Gasteiger partial charge in [0.15, 0.2) is 0 Å². The Balaban J connectivity index is 3.88. The molecule has 0 aromatic carbocycles. The maximum absolute atomic E-state index is 11.0. The number of carbonyl (C=O) groups excluding carboxylic acids is 1. The Morgan fingerprint density at radius 2 is 2.00 bits per heavy atom. The average Bonchev–Trinajstić information content (AvgIpc) is 2.00. The lowest BCUT2D eigenvalue weighted by Crippen LogP contribution is -2.43. The van der Waals surface area contributed by atoms with Gasteiger partial charge in [-0.1, -0.05) is 6.92 Å². The van der Waals surface area contributed by atoms with Crippen LogP contribution in [0.1, 0.15) is 27.2 Å². The Labute approximate surface area is 84.0 Å². The van der Waals surface area contributed by atoms with Crippen molar-refractivity contribution in [2.75, 3.05) is 5.75 Å². The zero-order chi connectivity index (χ0) is 11.2. The molecule has 0 rings (SSSR count). The second-order valence-corrected chi connectivity index (χ2v) is 4.84. The number of sulfonamides is 1. The predicted octanol–water partition coefficient (Wildman–Crippen LogP) is 0.365. The highest BCUT2D eigenvalue weighted by atomic mass is 32.2. The molecule has 0 aromatic rings. The molecule has 0 aliphatic heterocycles. The van der Waals surface area contributed by atoms with Gasteiger partial charge in [-0.05, 0) is 20.3 Å². The van der Waals surface area contributed by atoms with E-state index in [9.17, 15) is 13.2 Å². The van der Waals surface area contributed by atoms with Crippen LogP contribution in [0, 0.1) is 0 Å². The van der Waals surface area contributed by atoms with Crippen molar-refractivity contribution < 1.29 is 17.9 Å². The molecule has 2 N–H and O–H groups in total. The molecule has 0 fully saturated rings. The molecule has 0 aromatic heterocycles. The lowest BCUT2D eigenvalue weighted by molar-refractivity contribution is 0.114. The summed E-state index contributed by atoms with van der Waals surface area (Å²) in [5.74, 6) is -0.0328. The largest absolute Gasteiger partial charge is 0.446 e. The van der Waals surface area contributed by atoms with E-state index in [1.54, 1.807) is 20.8 Å². The minimum atomic E-state index is -3.42. The van der Waals surface area contributed by atoms with Crippen LogP contribution in [-0.4, -0.2) is 26.4 Å². The van der Waals surface area contributed by atoms with Crippen LogP contribution in [0.15, 0.2) is 0 Å². The van der Waals surface area contributed by atoms with Gasteiger partial charge in [0, 0.05) is 0 Å². The average molecular weight is 224 g/mol. The van der Waals surface area contributed by atoms with Gasteiger partial charge in [0.1, 0.15) is 0 Å². The highest BCUT2D eigenvalue weighted by molar-refractivity contribution is 7.89. The quantitative estimate of drug-likeness (QED) is 0.660. The Bertz CT molecular complexity index is 273. The van der Waals surface area contributed by atoms with Gasteiger partial charge in [-0.15, -0.1) is 4.83 Å². The van der Waals surface area contributed by atoms with Gasteiger partial charge in [-0.25, -0.2) is 18.6 Å². The second-order valence-electron chi connectivity index (χ2n) is 3.00. The van der Waals surface area contributed by atoms with E-state index >= 15 is 0 Å². The smallest absolute Gasteiger partial charge is 0.422 e. The van der Waals surface area contributed by atoms with E-state index in [1.807, 2.05) is 10.3 Å². The Kier molecular flexibility index (Phi) is 5.47. The van der Waals surface area contributed by atoms with Crippen molar-refractivity contribution >= 4 is 16.1 Å². The lowest BCUT2D eigenvalue weighted by atomic mass is 10.5. The molecule has 84 valence electrons. The van der Waals surface area contributed by atoms with Gasteiger partial charge >= 0.3 is 6.09 Å². The summed E-state index contributed by atoms with van der Waals surface area (Å²) in [5.41, 5.74) is 1.94. The second kappa shape index (κ2) is 5.82. The fraction of sp³-hybridized carbons (Fsp3) is 0.857. The molecule has 0 aliphatic rings. The molecule has 0 saturated heterocycles. The summed E-state index contributed by atoms with van der Waals surface area (Å²) in [6.07, 6.45) is -0.610.